The van der Waals surface area contributed by atoms with E-state index in [4.69, 9.17) is 5.73 Å². The number of amides is 1. The highest BCUT2D eigenvalue weighted by Gasteiger charge is 2.46. The largest absolute Gasteiger partial charge is 0.326 e. The normalized spacial score (nSPS) is 34.3. The summed E-state index contributed by atoms with van der Waals surface area (Å²) in [6, 6.07) is 0.0326. The summed E-state index contributed by atoms with van der Waals surface area (Å²) in [5.41, 5.74) is 9.06. The van der Waals surface area contributed by atoms with Crippen LogP contribution in [0.4, 0.5) is 0 Å². The van der Waals surface area contributed by atoms with Crippen molar-refractivity contribution < 1.29 is 4.79 Å². The van der Waals surface area contributed by atoms with Crippen molar-refractivity contribution >= 4 is 5.91 Å². The number of carbonyl (C=O) groups excluding carboxylic acids is 1. The molecule has 0 spiro atoms. The number of hydrogen-bond donors (Lipinski definition) is 2. The number of nitrogens with two attached hydrogens (primary N) is 1. The number of nitrogens with one attached hydrogen (secondary N) is 1. The molecule has 2 unspecified atom stereocenters. The number of rotatable bonds is 3. The van der Waals surface area contributed by atoms with Crippen molar-refractivity contribution in [2.75, 3.05) is 6.54 Å². The summed E-state index contributed by atoms with van der Waals surface area (Å²) in [4.78, 5) is 11.8. The Kier molecular flexibility index (Phi) is 2.73. The molecule has 15 heavy (non-hydrogen) atoms. The maximum absolute atomic E-state index is 11.8. The fraction of sp³-hybridized carbons (Fsp3) is 0.909. The van der Waals surface area contributed by atoms with E-state index in [-0.39, 0.29) is 17.5 Å². The number of carbonyl (C=O) groups is 1. The summed E-state index contributed by atoms with van der Waals surface area (Å²) in [5, 5.41) is 1.71. The number of nitrogens with zero attached hydrogens (tertiary/aromatic N) is 1. The molecule has 3 N–H and O–H groups in total. The van der Waals surface area contributed by atoms with Gasteiger partial charge in [-0.15, -0.1) is 0 Å². The summed E-state index contributed by atoms with van der Waals surface area (Å²) >= 11 is 0. The lowest BCUT2D eigenvalue weighted by Gasteiger charge is -2.40. The van der Waals surface area contributed by atoms with E-state index in [1.54, 1.807) is 5.01 Å². The van der Waals surface area contributed by atoms with Crippen molar-refractivity contribution in [3.05, 3.63) is 0 Å². The lowest BCUT2D eigenvalue weighted by molar-refractivity contribution is -0.129. The average molecular weight is 211 g/mol. The molecule has 1 aliphatic heterocycles. The maximum Gasteiger partial charge on any atom is 0.238 e. The summed E-state index contributed by atoms with van der Waals surface area (Å²) < 4.78 is 0. The van der Waals surface area contributed by atoms with Crippen LogP contribution in [0.2, 0.25) is 0 Å². The molecule has 1 amide bonds. The predicted molar refractivity (Wildman–Crippen MR) is 58.9 cm³/mol. The summed E-state index contributed by atoms with van der Waals surface area (Å²) in [6.45, 7) is 4.70. The fourth-order valence-electron chi connectivity index (χ4n) is 2.54. The molecule has 0 aromatic carbocycles. The van der Waals surface area contributed by atoms with Crippen LogP contribution in [-0.2, 0) is 4.79 Å². The third kappa shape index (κ3) is 2.01. The van der Waals surface area contributed by atoms with E-state index >= 15 is 0 Å². The Bertz CT molecular complexity index is 263. The van der Waals surface area contributed by atoms with Crippen molar-refractivity contribution in [3.63, 3.8) is 0 Å². The van der Waals surface area contributed by atoms with Crippen LogP contribution in [0.25, 0.3) is 0 Å². The van der Waals surface area contributed by atoms with Gasteiger partial charge in [-0.05, 0) is 32.6 Å². The van der Waals surface area contributed by atoms with E-state index in [2.05, 4.69) is 12.3 Å². The number of hydrazine groups is 1. The summed E-state index contributed by atoms with van der Waals surface area (Å²) in [5.74, 6) is 0.862. The highest BCUT2D eigenvalue weighted by atomic mass is 16.2. The molecule has 4 nitrogen and oxygen atoms in total. The van der Waals surface area contributed by atoms with Gasteiger partial charge in [-0.3, -0.25) is 9.80 Å². The lowest BCUT2D eigenvalue weighted by Crippen LogP contribution is -2.52. The van der Waals surface area contributed by atoms with Gasteiger partial charge in [-0.1, -0.05) is 6.42 Å². The predicted octanol–water partition coefficient (Wildman–Crippen LogP) is 0.629. The minimum absolute atomic E-state index is 0.00970. The van der Waals surface area contributed by atoms with E-state index in [9.17, 15) is 4.79 Å². The number of hydrogen-bond acceptors (Lipinski definition) is 3. The molecule has 0 radical (unpaired) electrons. The molecule has 4 heteroatoms. The topological polar surface area (TPSA) is 58.4 Å². The van der Waals surface area contributed by atoms with Gasteiger partial charge in [0.1, 0.15) is 0 Å². The second-order valence-electron chi connectivity index (χ2n) is 5.32. The summed E-state index contributed by atoms with van der Waals surface area (Å²) in [6.07, 6.45) is 4.44. The zero-order valence-corrected chi connectivity index (χ0v) is 9.62. The van der Waals surface area contributed by atoms with E-state index in [1.165, 1.54) is 19.3 Å². The Balaban J connectivity index is 1.98. The van der Waals surface area contributed by atoms with Gasteiger partial charge in [-0.2, -0.15) is 0 Å². The van der Waals surface area contributed by atoms with Crippen LogP contribution in [0, 0.1) is 5.92 Å². The second-order valence-corrected chi connectivity index (χ2v) is 5.32. The maximum atomic E-state index is 11.8. The van der Waals surface area contributed by atoms with Crippen molar-refractivity contribution in [1.82, 2.24) is 10.4 Å². The fourth-order valence-corrected chi connectivity index (χ4v) is 2.54. The highest BCUT2D eigenvalue weighted by molar-refractivity contribution is 5.79. The standard InChI is InChI=1S/C11H21N3O/c1-8(12)7-14-10(15)6-11(2,13-14)9-4-3-5-9/h8-9,13H,3-7,12H2,1-2H3. The van der Waals surface area contributed by atoms with Gasteiger partial charge in [0.2, 0.25) is 5.91 Å². The lowest BCUT2D eigenvalue weighted by atomic mass is 9.71. The van der Waals surface area contributed by atoms with Crippen LogP contribution in [0.1, 0.15) is 39.5 Å². The molecule has 2 aliphatic rings. The van der Waals surface area contributed by atoms with E-state index in [0.717, 1.165) is 0 Å². The average Bonchev–Trinajstić information content (AvgIpc) is 2.21. The van der Waals surface area contributed by atoms with Crippen molar-refractivity contribution in [2.24, 2.45) is 11.7 Å². The van der Waals surface area contributed by atoms with Gasteiger partial charge in [0.05, 0.1) is 6.54 Å². The van der Waals surface area contributed by atoms with Crippen LogP contribution in [0.3, 0.4) is 0 Å². The Morgan fingerprint density at radius 3 is 2.80 bits per heavy atom. The Morgan fingerprint density at radius 2 is 2.33 bits per heavy atom. The van der Waals surface area contributed by atoms with E-state index < -0.39 is 0 Å². The minimum atomic E-state index is -0.00970. The van der Waals surface area contributed by atoms with Crippen molar-refractivity contribution in [1.29, 1.82) is 0 Å². The molecule has 2 fully saturated rings. The van der Waals surface area contributed by atoms with Crippen molar-refractivity contribution in [2.45, 2.75) is 51.1 Å². The SMILES string of the molecule is CC(N)CN1NC(C)(C2CCC2)CC1=O. The first-order valence-corrected chi connectivity index (χ1v) is 5.85. The van der Waals surface area contributed by atoms with Crippen LogP contribution < -0.4 is 11.2 Å². The highest BCUT2D eigenvalue weighted by Crippen LogP contribution is 2.40. The van der Waals surface area contributed by atoms with Crippen LogP contribution >= 0.6 is 0 Å². The van der Waals surface area contributed by atoms with Gasteiger partial charge in [0, 0.05) is 18.0 Å². The molecule has 1 aliphatic carbocycles. The smallest absolute Gasteiger partial charge is 0.238 e. The van der Waals surface area contributed by atoms with Gasteiger partial charge < -0.3 is 5.73 Å². The molecule has 1 heterocycles. The van der Waals surface area contributed by atoms with Crippen LogP contribution in [0.5, 0.6) is 0 Å². The third-order valence-corrected chi connectivity index (χ3v) is 3.69. The van der Waals surface area contributed by atoms with Gasteiger partial charge in [0.15, 0.2) is 0 Å². The molecule has 1 saturated heterocycles. The molecular weight excluding hydrogens is 190 g/mol. The first-order valence-electron chi connectivity index (χ1n) is 5.85. The van der Waals surface area contributed by atoms with Gasteiger partial charge in [0.25, 0.3) is 0 Å². The molecule has 1 saturated carbocycles. The minimum Gasteiger partial charge on any atom is -0.326 e. The Hall–Kier alpha value is -0.610. The van der Waals surface area contributed by atoms with Gasteiger partial charge in [-0.25, -0.2) is 5.43 Å². The zero-order valence-electron chi connectivity index (χ0n) is 9.62. The summed E-state index contributed by atoms with van der Waals surface area (Å²) in [7, 11) is 0. The molecule has 0 aromatic rings. The quantitative estimate of drug-likeness (QED) is 0.720. The van der Waals surface area contributed by atoms with E-state index in [0.29, 0.717) is 18.9 Å². The Labute approximate surface area is 91.2 Å². The monoisotopic (exact) mass is 211 g/mol. The van der Waals surface area contributed by atoms with Crippen LogP contribution in [0.15, 0.2) is 0 Å². The second kappa shape index (κ2) is 3.76. The molecule has 86 valence electrons. The molecule has 0 bridgehead atoms. The first-order chi connectivity index (χ1) is 7.01. The third-order valence-electron chi connectivity index (χ3n) is 3.69. The van der Waals surface area contributed by atoms with E-state index in [1.807, 2.05) is 6.92 Å². The molecule has 0 aromatic heterocycles. The first kappa shape index (κ1) is 10.9. The molecule has 2 rings (SSSR count). The molecular formula is C11H21N3O. The Morgan fingerprint density at radius 1 is 1.67 bits per heavy atom. The van der Waals surface area contributed by atoms with Gasteiger partial charge >= 0.3 is 0 Å². The van der Waals surface area contributed by atoms with Crippen molar-refractivity contribution in [3.8, 4) is 0 Å². The zero-order chi connectivity index (χ0) is 11.1. The molecule has 2 atom stereocenters. The van der Waals surface area contributed by atoms with Crippen LogP contribution in [-0.4, -0.2) is 29.0 Å².